The van der Waals surface area contributed by atoms with Gasteiger partial charge in [0.15, 0.2) is 5.13 Å². The number of aliphatic carboxylic acids is 1. The van der Waals surface area contributed by atoms with Gasteiger partial charge in [0.05, 0.1) is 16.0 Å². The van der Waals surface area contributed by atoms with E-state index in [0.29, 0.717) is 5.13 Å². The third-order valence-corrected chi connectivity index (χ3v) is 5.27. The highest BCUT2D eigenvalue weighted by atomic mass is 32.2. The highest BCUT2D eigenvalue weighted by molar-refractivity contribution is 8.01. The van der Waals surface area contributed by atoms with Crippen molar-refractivity contribution in [3.8, 4) is 0 Å². The number of para-hydroxylation sites is 1. The fourth-order valence-electron chi connectivity index (χ4n) is 1.80. The summed E-state index contributed by atoms with van der Waals surface area (Å²) < 4.78 is 1.01. The monoisotopic (exact) mass is 324 g/mol. The van der Waals surface area contributed by atoms with E-state index < -0.39 is 11.2 Å². The Bertz CT molecular complexity index is 621. The van der Waals surface area contributed by atoms with Gasteiger partial charge in [0.2, 0.25) is 5.91 Å². The first-order valence-corrected chi connectivity index (χ1v) is 8.33. The first-order chi connectivity index (χ1) is 9.97. The summed E-state index contributed by atoms with van der Waals surface area (Å²) in [5.74, 6) is -1.04. The molecule has 1 atom stereocenters. The summed E-state index contributed by atoms with van der Waals surface area (Å²) in [5.41, 5.74) is 0.844. The van der Waals surface area contributed by atoms with Crippen molar-refractivity contribution in [3.05, 3.63) is 24.3 Å². The van der Waals surface area contributed by atoms with Gasteiger partial charge >= 0.3 is 5.97 Å². The zero-order valence-corrected chi connectivity index (χ0v) is 13.3. The first-order valence-electron chi connectivity index (χ1n) is 6.47. The van der Waals surface area contributed by atoms with Crippen LogP contribution < -0.4 is 5.32 Å². The maximum absolute atomic E-state index is 11.9. The molecule has 0 radical (unpaired) electrons. The van der Waals surface area contributed by atoms with Crippen molar-refractivity contribution in [2.45, 2.75) is 19.1 Å². The second-order valence-corrected chi connectivity index (χ2v) is 7.01. The summed E-state index contributed by atoms with van der Waals surface area (Å²) in [6, 6.07) is 7.64. The normalized spacial score (nSPS) is 12.5. The highest BCUT2D eigenvalue weighted by Crippen LogP contribution is 2.26. The molecule has 7 heteroatoms. The lowest BCUT2D eigenvalue weighted by molar-refractivity contribution is -0.137. The van der Waals surface area contributed by atoms with Gasteiger partial charge in [-0.05, 0) is 18.1 Å². The zero-order valence-electron chi connectivity index (χ0n) is 11.7. The summed E-state index contributed by atoms with van der Waals surface area (Å²) in [6.45, 7) is 3.66. The van der Waals surface area contributed by atoms with Gasteiger partial charge in [-0.3, -0.25) is 9.59 Å². The quantitative estimate of drug-likeness (QED) is 0.853. The molecule has 0 saturated heterocycles. The molecule has 5 nitrogen and oxygen atoms in total. The van der Waals surface area contributed by atoms with Crippen molar-refractivity contribution in [2.75, 3.05) is 11.1 Å². The van der Waals surface area contributed by atoms with Crippen molar-refractivity contribution < 1.29 is 14.7 Å². The van der Waals surface area contributed by atoms with Crippen LogP contribution in [0.5, 0.6) is 0 Å². The molecule has 2 N–H and O–H groups in total. The Labute approximate surface area is 130 Å². The number of hydrogen-bond acceptors (Lipinski definition) is 5. The number of thioether (sulfide) groups is 1. The average Bonchev–Trinajstić information content (AvgIpc) is 2.79. The van der Waals surface area contributed by atoms with Crippen LogP contribution in [0.2, 0.25) is 0 Å². The second kappa shape index (κ2) is 6.91. The van der Waals surface area contributed by atoms with Crippen molar-refractivity contribution in [3.63, 3.8) is 0 Å². The number of amides is 1. The van der Waals surface area contributed by atoms with Crippen LogP contribution in [0.1, 0.15) is 13.8 Å². The number of carbonyl (C=O) groups is 2. The number of hydrogen-bond donors (Lipinski definition) is 2. The molecular weight excluding hydrogens is 308 g/mol. The van der Waals surface area contributed by atoms with E-state index in [9.17, 15) is 9.59 Å². The number of benzene rings is 1. The summed E-state index contributed by atoms with van der Waals surface area (Å²) >= 11 is 2.54. The SMILES string of the molecule is CC(C)C(SCC(=O)Nc1nc2ccccc2s1)C(=O)O. The molecular formula is C14H16N2O3S2. The number of anilines is 1. The fourth-order valence-corrected chi connectivity index (χ4v) is 3.61. The third-order valence-electron chi connectivity index (χ3n) is 2.78. The van der Waals surface area contributed by atoms with Crippen molar-refractivity contribution in [2.24, 2.45) is 5.92 Å². The molecule has 1 unspecified atom stereocenters. The average molecular weight is 324 g/mol. The minimum Gasteiger partial charge on any atom is -0.480 e. The summed E-state index contributed by atoms with van der Waals surface area (Å²) in [6.07, 6.45) is 0. The molecule has 112 valence electrons. The van der Waals surface area contributed by atoms with Crippen LogP contribution in [-0.2, 0) is 9.59 Å². The number of carboxylic acids is 1. The number of fused-ring (bicyclic) bond motifs is 1. The summed E-state index contributed by atoms with van der Waals surface area (Å²) in [5, 5.41) is 11.8. The molecule has 2 rings (SSSR count). The Kier molecular flexibility index (Phi) is 5.19. The molecule has 0 aliphatic heterocycles. The van der Waals surface area contributed by atoms with E-state index in [1.54, 1.807) is 0 Å². The molecule has 1 amide bonds. The summed E-state index contributed by atoms with van der Waals surface area (Å²) in [4.78, 5) is 27.3. The summed E-state index contributed by atoms with van der Waals surface area (Å²) in [7, 11) is 0. The fraction of sp³-hybridized carbons (Fsp3) is 0.357. The molecule has 1 heterocycles. The van der Waals surface area contributed by atoms with E-state index >= 15 is 0 Å². The smallest absolute Gasteiger partial charge is 0.316 e. The second-order valence-electron chi connectivity index (χ2n) is 4.85. The van der Waals surface area contributed by atoms with Crippen molar-refractivity contribution in [1.29, 1.82) is 0 Å². The van der Waals surface area contributed by atoms with E-state index in [-0.39, 0.29) is 17.6 Å². The Morgan fingerprint density at radius 2 is 2.10 bits per heavy atom. The molecule has 0 aliphatic rings. The molecule has 0 bridgehead atoms. The van der Waals surface area contributed by atoms with Gasteiger partial charge in [0, 0.05) is 0 Å². The van der Waals surface area contributed by atoms with Gasteiger partial charge in [0.25, 0.3) is 0 Å². The maximum atomic E-state index is 11.9. The zero-order chi connectivity index (χ0) is 15.4. The minimum atomic E-state index is -0.886. The van der Waals surface area contributed by atoms with Gasteiger partial charge in [-0.1, -0.05) is 37.3 Å². The van der Waals surface area contributed by atoms with Crippen LogP contribution >= 0.6 is 23.1 Å². The van der Waals surface area contributed by atoms with Crippen LogP contribution in [-0.4, -0.2) is 33.0 Å². The lowest BCUT2D eigenvalue weighted by Gasteiger charge is -2.14. The minimum absolute atomic E-state index is 0.0252. The van der Waals surface area contributed by atoms with Crippen LogP contribution in [0.4, 0.5) is 5.13 Å². The van der Waals surface area contributed by atoms with E-state index in [2.05, 4.69) is 10.3 Å². The van der Waals surface area contributed by atoms with E-state index in [0.717, 1.165) is 22.0 Å². The lowest BCUT2D eigenvalue weighted by atomic mass is 10.1. The largest absolute Gasteiger partial charge is 0.480 e. The Hall–Kier alpha value is -1.60. The number of nitrogens with one attached hydrogen (secondary N) is 1. The number of carbonyl (C=O) groups excluding carboxylic acids is 1. The van der Waals surface area contributed by atoms with Crippen molar-refractivity contribution >= 4 is 50.3 Å². The number of thiazole rings is 1. The number of rotatable bonds is 6. The predicted octanol–water partition coefficient (Wildman–Crippen LogP) is 3.08. The number of nitrogens with zero attached hydrogens (tertiary/aromatic N) is 1. The standard InChI is InChI=1S/C14H16N2O3S2/c1-8(2)12(13(18)19)20-7-11(17)16-14-15-9-5-3-4-6-10(9)21-14/h3-6,8,12H,7H2,1-2H3,(H,18,19)(H,15,16,17). The molecule has 2 aromatic rings. The molecule has 1 aromatic heterocycles. The van der Waals surface area contributed by atoms with E-state index in [1.807, 2.05) is 38.1 Å². The topological polar surface area (TPSA) is 79.3 Å². The molecule has 1 aromatic carbocycles. The predicted molar refractivity (Wildman–Crippen MR) is 87.0 cm³/mol. The molecule has 0 saturated carbocycles. The van der Waals surface area contributed by atoms with Gasteiger partial charge in [-0.25, -0.2) is 4.98 Å². The van der Waals surface area contributed by atoms with Crippen LogP contribution in [0.3, 0.4) is 0 Å². The van der Waals surface area contributed by atoms with E-state index in [4.69, 9.17) is 5.11 Å². The Balaban J connectivity index is 1.93. The third kappa shape index (κ3) is 4.18. The van der Waals surface area contributed by atoms with Crippen LogP contribution in [0.25, 0.3) is 10.2 Å². The first kappa shape index (κ1) is 15.8. The molecule has 0 aliphatic carbocycles. The Morgan fingerprint density at radius 1 is 1.38 bits per heavy atom. The Morgan fingerprint density at radius 3 is 2.71 bits per heavy atom. The van der Waals surface area contributed by atoms with Crippen molar-refractivity contribution in [1.82, 2.24) is 4.98 Å². The molecule has 0 fully saturated rings. The van der Waals surface area contributed by atoms with Gasteiger partial charge in [-0.2, -0.15) is 0 Å². The van der Waals surface area contributed by atoms with Gasteiger partial charge in [-0.15, -0.1) is 11.8 Å². The van der Waals surface area contributed by atoms with Crippen LogP contribution in [0, 0.1) is 5.92 Å². The molecule has 0 spiro atoms. The van der Waals surface area contributed by atoms with Gasteiger partial charge in [0.1, 0.15) is 5.25 Å². The highest BCUT2D eigenvalue weighted by Gasteiger charge is 2.23. The van der Waals surface area contributed by atoms with E-state index in [1.165, 1.54) is 11.3 Å². The molecule has 21 heavy (non-hydrogen) atoms. The number of aromatic nitrogens is 1. The van der Waals surface area contributed by atoms with Gasteiger partial charge < -0.3 is 10.4 Å². The number of carboxylic acid groups (broad SMARTS) is 1. The van der Waals surface area contributed by atoms with Crippen LogP contribution in [0.15, 0.2) is 24.3 Å². The lowest BCUT2D eigenvalue weighted by Crippen LogP contribution is -2.25. The maximum Gasteiger partial charge on any atom is 0.316 e.